The van der Waals surface area contributed by atoms with Gasteiger partial charge in [-0.2, -0.15) is 0 Å². The minimum atomic E-state index is 1.17. The lowest BCUT2D eigenvalue weighted by Gasteiger charge is -1.96. The van der Waals surface area contributed by atoms with Crippen LogP contribution in [0.25, 0.3) is 12.2 Å². The summed E-state index contributed by atoms with van der Waals surface area (Å²) < 4.78 is 2.06. The fourth-order valence-corrected chi connectivity index (χ4v) is 1.14. The maximum absolute atomic E-state index is 3.75. The summed E-state index contributed by atoms with van der Waals surface area (Å²) in [6.45, 7) is 9.77. The molecule has 0 saturated heterocycles. The zero-order valence-electron chi connectivity index (χ0n) is 9.04. The van der Waals surface area contributed by atoms with Crippen molar-refractivity contribution < 1.29 is 0 Å². The third-order valence-corrected chi connectivity index (χ3v) is 1.69. The molecule has 0 saturated carbocycles. The van der Waals surface area contributed by atoms with Gasteiger partial charge in [-0.1, -0.05) is 32.6 Å². The molecule has 1 nitrogen and oxygen atoms in total. The molecule has 1 aromatic rings. The quantitative estimate of drug-likeness (QED) is 0.648. The van der Waals surface area contributed by atoms with Crippen LogP contribution in [0.5, 0.6) is 0 Å². The van der Waals surface area contributed by atoms with Crippen molar-refractivity contribution in [3.05, 3.63) is 36.2 Å². The van der Waals surface area contributed by atoms with Crippen LogP contribution in [0.1, 0.15) is 32.0 Å². The lowest BCUT2D eigenvalue weighted by atomic mass is 10.2. The number of hydrogen-bond acceptors (Lipinski definition) is 0. The van der Waals surface area contributed by atoms with Gasteiger partial charge >= 0.3 is 0 Å². The highest BCUT2D eigenvalue weighted by Crippen LogP contribution is 2.12. The molecule has 0 unspecified atom stereocenters. The van der Waals surface area contributed by atoms with Gasteiger partial charge in [-0.25, -0.2) is 0 Å². The van der Waals surface area contributed by atoms with Gasteiger partial charge in [0.1, 0.15) is 0 Å². The first-order valence-electron chi connectivity index (χ1n) is 4.70. The van der Waals surface area contributed by atoms with Gasteiger partial charge in [0.25, 0.3) is 0 Å². The summed E-state index contributed by atoms with van der Waals surface area (Å²) in [7, 11) is 2.02. The summed E-state index contributed by atoms with van der Waals surface area (Å²) in [6, 6.07) is 2.08. The number of hydrogen-bond donors (Lipinski definition) is 0. The first-order valence-corrected chi connectivity index (χ1v) is 4.70. The summed E-state index contributed by atoms with van der Waals surface area (Å²) in [5.74, 6) is 0. The number of aryl methyl sites for hydroxylation is 1. The van der Waals surface area contributed by atoms with Crippen LogP contribution in [-0.4, -0.2) is 4.57 Å². The Morgan fingerprint density at radius 2 is 2.00 bits per heavy atom. The summed E-state index contributed by atoms with van der Waals surface area (Å²) in [4.78, 5) is 0. The second kappa shape index (κ2) is 6.30. The molecule has 0 atom stereocenters. The molecule has 0 spiro atoms. The summed E-state index contributed by atoms with van der Waals surface area (Å²) in [6.07, 6.45) is 8.01. The van der Waals surface area contributed by atoms with E-state index in [0.29, 0.717) is 0 Å². The average molecular weight is 177 g/mol. The first-order chi connectivity index (χ1) is 6.29. The number of aromatic nitrogens is 1. The predicted molar refractivity (Wildman–Crippen MR) is 61.6 cm³/mol. The molecule has 0 aromatic carbocycles. The highest BCUT2D eigenvalue weighted by molar-refractivity contribution is 5.62. The van der Waals surface area contributed by atoms with Gasteiger partial charge in [0.05, 0.1) is 0 Å². The summed E-state index contributed by atoms with van der Waals surface area (Å²) >= 11 is 0. The molecule has 1 aromatic heterocycles. The molecule has 72 valence electrons. The molecule has 0 aliphatic heterocycles. The van der Waals surface area contributed by atoms with Gasteiger partial charge in [-0.05, 0) is 24.6 Å². The smallest absolute Gasteiger partial charge is 0.0471 e. The van der Waals surface area contributed by atoms with Crippen molar-refractivity contribution in [2.75, 3.05) is 0 Å². The van der Waals surface area contributed by atoms with Crippen LogP contribution in [0.15, 0.2) is 24.9 Å². The fraction of sp³-hybridized carbons (Fsp3) is 0.333. The molecule has 0 aliphatic rings. The average Bonchev–Trinajstić information content (AvgIpc) is 2.51. The second-order valence-electron chi connectivity index (χ2n) is 2.47. The zero-order chi connectivity index (χ0) is 10.3. The Balaban J connectivity index is 0.000000671. The molecular formula is C12H19N. The van der Waals surface area contributed by atoms with Crippen molar-refractivity contribution in [1.29, 1.82) is 0 Å². The third-order valence-electron chi connectivity index (χ3n) is 1.69. The van der Waals surface area contributed by atoms with E-state index in [0.717, 1.165) is 0 Å². The van der Waals surface area contributed by atoms with Crippen LogP contribution in [0.4, 0.5) is 0 Å². The van der Waals surface area contributed by atoms with Gasteiger partial charge in [-0.15, -0.1) is 0 Å². The molecule has 0 radical (unpaired) electrons. The van der Waals surface area contributed by atoms with E-state index in [9.17, 15) is 0 Å². The Kier molecular flexibility index (Phi) is 5.69. The van der Waals surface area contributed by atoms with Crippen molar-refractivity contribution in [3.8, 4) is 0 Å². The number of nitrogens with zero attached hydrogens (tertiary/aromatic N) is 1. The van der Waals surface area contributed by atoms with Gasteiger partial charge in [0, 0.05) is 18.9 Å². The molecule has 13 heavy (non-hydrogen) atoms. The molecule has 1 rings (SSSR count). The molecule has 0 amide bonds. The number of allylic oxidation sites excluding steroid dienone is 1. The van der Waals surface area contributed by atoms with E-state index in [1.54, 1.807) is 0 Å². The Hall–Kier alpha value is -1.24. The highest BCUT2D eigenvalue weighted by Gasteiger charge is 1.97. The zero-order valence-corrected chi connectivity index (χ0v) is 9.04. The standard InChI is InChI=1S/C10H13N.C2H6/c1-4-6-9-7-8-11(3)10(9)5-2;1-2/h4-8H,2H2,1,3H3;1-2H3/b6-4-;. The van der Waals surface area contributed by atoms with Gasteiger partial charge < -0.3 is 4.57 Å². The lowest BCUT2D eigenvalue weighted by Crippen LogP contribution is -1.88. The lowest BCUT2D eigenvalue weighted by molar-refractivity contribution is 0.914. The van der Waals surface area contributed by atoms with Crippen molar-refractivity contribution in [3.63, 3.8) is 0 Å². The van der Waals surface area contributed by atoms with Crippen LogP contribution in [0.3, 0.4) is 0 Å². The molecule has 0 N–H and O–H groups in total. The Morgan fingerprint density at radius 3 is 2.46 bits per heavy atom. The molecular weight excluding hydrogens is 158 g/mol. The maximum Gasteiger partial charge on any atom is 0.0471 e. The van der Waals surface area contributed by atoms with E-state index >= 15 is 0 Å². The Bertz CT molecular complexity index is 279. The number of rotatable bonds is 2. The van der Waals surface area contributed by atoms with E-state index in [4.69, 9.17) is 0 Å². The topological polar surface area (TPSA) is 4.93 Å². The van der Waals surface area contributed by atoms with Gasteiger partial charge in [0.15, 0.2) is 0 Å². The fourth-order valence-electron chi connectivity index (χ4n) is 1.14. The first kappa shape index (κ1) is 11.8. The third kappa shape index (κ3) is 2.94. The van der Waals surface area contributed by atoms with Crippen molar-refractivity contribution in [2.24, 2.45) is 7.05 Å². The molecule has 1 heterocycles. The minimum Gasteiger partial charge on any atom is -0.351 e. The predicted octanol–water partition coefficient (Wildman–Crippen LogP) is 3.73. The summed E-state index contributed by atoms with van der Waals surface area (Å²) in [5, 5.41) is 0. The Labute approximate surface area is 81.4 Å². The molecule has 1 heteroatoms. The van der Waals surface area contributed by atoms with Crippen LogP contribution in [0, 0.1) is 0 Å². The van der Waals surface area contributed by atoms with Crippen LogP contribution in [-0.2, 0) is 7.05 Å². The molecule has 0 aliphatic carbocycles. The van der Waals surface area contributed by atoms with Crippen molar-refractivity contribution >= 4 is 12.2 Å². The van der Waals surface area contributed by atoms with E-state index in [-0.39, 0.29) is 0 Å². The largest absolute Gasteiger partial charge is 0.351 e. The van der Waals surface area contributed by atoms with Crippen molar-refractivity contribution in [1.82, 2.24) is 4.57 Å². The minimum absolute atomic E-state index is 1.17. The maximum atomic E-state index is 3.75. The van der Waals surface area contributed by atoms with Crippen LogP contribution in [0.2, 0.25) is 0 Å². The van der Waals surface area contributed by atoms with E-state index in [2.05, 4.69) is 23.3 Å². The molecule has 0 fully saturated rings. The van der Waals surface area contributed by atoms with E-state index < -0.39 is 0 Å². The SMILES string of the molecule is C=Cc1c(/C=C\C)ccn1C.CC. The van der Waals surface area contributed by atoms with E-state index in [1.165, 1.54) is 11.3 Å². The monoisotopic (exact) mass is 177 g/mol. The Morgan fingerprint density at radius 1 is 1.38 bits per heavy atom. The van der Waals surface area contributed by atoms with E-state index in [1.807, 2.05) is 46.2 Å². The second-order valence-corrected chi connectivity index (χ2v) is 2.47. The summed E-state index contributed by atoms with van der Waals surface area (Å²) in [5.41, 5.74) is 2.40. The van der Waals surface area contributed by atoms with Gasteiger partial charge in [-0.3, -0.25) is 0 Å². The van der Waals surface area contributed by atoms with Crippen LogP contribution < -0.4 is 0 Å². The normalized spacial score (nSPS) is 9.54. The van der Waals surface area contributed by atoms with Crippen LogP contribution >= 0.6 is 0 Å². The molecule has 0 bridgehead atoms. The van der Waals surface area contributed by atoms with Gasteiger partial charge in [0.2, 0.25) is 0 Å². The van der Waals surface area contributed by atoms with Crippen molar-refractivity contribution in [2.45, 2.75) is 20.8 Å². The highest BCUT2D eigenvalue weighted by atomic mass is 14.9.